The Morgan fingerprint density at radius 3 is 2.18 bits per heavy atom. The van der Waals surface area contributed by atoms with Gasteiger partial charge in [0.2, 0.25) is 15.9 Å². The Labute approximate surface area is 416 Å². The summed E-state index contributed by atoms with van der Waals surface area (Å²) < 4.78 is 57.7. The lowest BCUT2D eigenvalue weighted by atomic mass is 9.89. The number of nitrogens with one attached hydrogen (secondary N) is 2. The molecule has 0 unspecified atom stereocenters. The van der Waals surface area contributed by atoms with E-state index < -0.39 is 146 Å². The maximum Gasteiger partial charge on any atom is 0.364 e. The lowest BCUT2D eigenvalue weighted by Crippen LogP contribution is -2.69. The first-order valence-corrected chi connectivity index (χ1v) is 25.2. The number of rotatable bonds is 26. The van der Waals surface area contributed by atoms with Gasteiger partial charge >= 0.3 is 5.97 Å². The Morgan fingerprint density at radius 1 is 0.847 bits per heavy atom. The van der Waals surface area contributed by atoms with Gasteiger partial charge in [0, 0.05) is 69.7 Å². The minimum atomic E-state index is -3.78. The quantitative estimate of drug-likeness (QED) is 0.0260. The van der Waals surface area contributed by atoms with Crippen LogP contribution in [-0.2, 0) is 52.9 Å². The van der Waals surface area contributed by atoms with Crippen molar-refractivity contribution in [3.8, 4) is 0 Å². The van der Waals surface area contributed by atoms with E-state index in [-0.39, 0.29) is 42.4 Å². The lowest BCUT2D eigenvalue weighted by molar-refractivity contribution is -0.378. The van der Waals surface area contributed by atoms with E-state index in [0.717, 1.165) is 18.0 Å². The van der Waals surface area contributed by atoms with Crippen molar-refractivity contribution in [3.63, 3.8) is 0 Å². The maximum absolute atomic E-state index is 13.2. The summed E-state index contributed by atoms with van der Waals surface area (Å²) in [5.74, 6) is -5.67. The number of nitrogens with zero attached hydrogens (tertiary/aromatic N) is 2. The summed E-state index contributed by atoms with van der Waals surface area (Å²) in [6.07, 6.45) is -21.5. The first kappa shape index (κ1) is 58.8. The van der Waals surface area contributed by atoms with Gasteiger partial charge in [-0.05, 0) is 31.9 Å². The van der Waals surface area contributed by atoms with Crippen LogP contribution in [0.25, 0.3) is 10.8 Å². The van der Waals surface area contributed by atoms with E-state index in [2.05, 4.69) is 15.2 Å². The molecule has 3 heterocycles. The van der Waals surface area contributed by atoms with Crippen molar-refractivity contribution in [1.29, 1.82) is 0 Å². The number of hydrogen-bond acceptors (Lipinski definition) is 22. The Hall–Kier alpha value is -4.07. The van der Waals surface area contributed by atoms with E-state index in [1.807, 2.05) is 37.2 Å². The zero-order chi connectivity index (χ0) is 53.1. The molecule has 26 heteroatoms. The maximum atomic E-state index is 13.2. The summed E-state index contributed by atoms with van der Waals surface area (Å²) in [6.45, 7) is -0.132. The normalized spacial score (nSPS) is 31.7. The van der Waals surface area contributed by atoms with Crippen molar-refractivity contribution >= 4 is 49.9 Å². The van der Waals surface area contributed by atoms with Crippen LogP contribution < -0.4 is 14.9 Å². The van der Waals surface area contributed by atoms with Crippen LogP contribution in [0.1, 0.15) is 65.2 Å². The number of fused-ring (bicyclic) bond motifs is 1. The molecule has 2 aromatic rings. The fourth-order valence-corrected chi connectivity index (χ4v) is 10.3. The van der Waals surface area contributed by atoms with Crippen LogP contribution in [0.5, 0.6) is 0 Å². The molecule has 72 heavy (non-hydrogen) atoms. The summed E-state index contributed by atoms with van der Waals surface area (Å²) >= 11 is 0. The van der Waals surface area contributed by atoms with Gasteiger partial charge in [0.05, 0.1) is 60.9 Å². The number of ketones is 1. The van der Waals surface area contributed by atoms with Gasteiger partial charge in [0.25, 0.3) is 5.79 Å². The van der Waals surface area contributed by atoms with Gasteiger partial charge in [0.15, 0.2) is 18.7 Å². The lowest BCUT2D eigenvalue weighted by Gasteiger charge is -2.50. The molecule has 0 aromatic heterocycles. The highest BCUT2D eigenvalue weighted by Crippen LogP contribution is 2.39. The molecule has 3 aliphatic rings. The second-order valence-electron chi connectivity index (χ2n) is 18.5. The van der Waals surface area contributed by atoms with Crippen LogP contribution in [0.2, 0.25) is 0 Å². The first-order chi connectivity index (χ1) is 34.1. The van der Waals surface area contributed by atoms with Gasteiger partial charge in [-0.3, -0.25) is 9.59 Å². The standard InChI is InChI=1S/C46H70N4O21S/c1-24(49-66-23-26(55)11-7-5-6-8-16-47-72(64,65)36-15-10-12-28-29(36)13-9-14-30(28)50(3)4)17-33-38(58)40(60)42(35(22-53)67-33)69-44-41(61)43(39(59)34(21-52)68-44)71-46(45(62)63)19-31(57)37(48-25(2)54)32(70-46)18-27(56)20-51/h9-10,12-15,27,31-35,37-44,47,51-53,56-61H,5-8,11,16-23H2,1-4H3,(H,48,54)(H,62,63)/b49-24+/t27-,31-,32-,33-,34+,35+,37+,38-,39-,40+,41+,42+,43-,44-,46-/m0/s1. The third-order valence-electron chi connectivity index (χ3n) is 12.7. The average molecular weight is 1050 g/mol. The van der Waals surface area contributed by atoms with Crippen molar-refractivity contribution in [2.75, 3.05) is 52.0 Å². The number of carbonyl (C=O) groups excluding carboxylic acids is 2. The second kappa shape index (κ2) is 26.4. The number of hydrogen-bond donors (Lipinski definition) is 12. The van der Waals surface area contributed by atoms with E-state index in [9.17, 15) is 73.9 Å². The number of carboxylic acids is 1. The predicted molar refractivity (Wildman–Crippen MR) is 252 cm³/mol. The van der Waals surface area contributed by atoms with E-state index in [1.165, 1.54) is 6.92 Å². The van der Waals surface area contributed by atoms with Gasteiger partial charge in [-0.25, -0.2) is 17.9 Å². The highest BCUT2D eigenvalue weighted by Gasteiger charge is 2.59. The minimum absolute atomic E-state index is 0.170. The molecule has 5 rings (SSSR count). The number of amides is 1. The van der Waals surface area contributed by atoms with Crippen molar-refractivity contribution in [2.24, 2.45) is 5.16 Å². The number of oxime groups is 1. The van der Waals surface area contributed by atoms with Crippen molar-refractivity contribution in [3.05, 3.63) is 36.4 Å². The zero-order valence-electron chi connectivity index (χ0n) is 40.5. The van der Waals surface area contributed by atoms with Gasteiger partial charge < -0.3 is 89.8 Å². The molecule has 0 radical (unpaired) electrons. The number of aliphatic hydroxyl groups is 9. The molecule has 0 saturated carbocycles. The molecule has 3 saturated heterocycles. The fourth-order valence-electron chi connectivity index (χ4n) is 9.01. The number of anilines is 1. The van der Waals surface area contributed by atoms with Crippen molar-refractivity contribution in [2.45, 2.75) is 161 Å². The summed E-state index contributed by atoms with van der Waals surface area (Å²) in [4.78, 5) is 44.6. The van der Waals surface area contributed by atoms with Crippen molar-refractivity contribution < 1.29 is 102 Å². The highest BCUT2D eigenvalue weighted by atomic mass is 32.2. The van der Waals surface area contributed by atoms with E-state index in [1.54, 1.807) is 18.2 Å². The number of aliphatic carboxylic acids is 1. The minimum Gasteiger partial charge on any atom is -0.477 e. The van der Waals surface area contributed by atoms with Crippen molar-refractivity contribution in [1.82, 2.24) is 10.0 Å². The zero-order valence-corrected chi connectivity index (χ0v) is 41.3. The molecule has 1 amide bonds. The van der Waals surface area contributed by atoms with Gasteiger partial charge in [0.1, 0.15) is 48.8 Å². The number of carbonyl (C=O) groups is 3. The Bertz CT molecular complexity index is 2260. The predicted octanol–water partition coefficient (Wildman–Crippen LogP) is -2.64. The van der Waals surface area contributed by atoms with Gasteiger partial charge in [-0.15, -0.1) is 0 Å². The molecular weight excluding hydrogens is 977 g/mol. The van der Waals surface area contributed by atoms with E-state index >= 15 is 0 Å². The average Bonchev–Trinajstić information content (AvgIpc) is 3.33. The second-order valence-corrected chi connectivity index (χ2v) is 20.2. The smallest absolute Gasteiger partial charge is 0.364 e. The SMILES string of the molecule is CC(=O)N[C@H]1[C@H](C[C@H](O)CO)O[C@@](O[C@H]2[C@@H](O)[C@@H](CO)O[C@@H](O[C@H]3[C@H](O)[C@@H](O)[C@H](C/C(C)=N/OCC(=O)CCCCCCNS(=O)(=O)c4cccc5c(N(C)C)cccc45)O[C@@H]3CO)[C@@H]2O)(C(=O)O)C[C@@H]1O. The number of carboxylic acid groups (broad SMARTS) is 1. The summed E-state index contributed by atoms with van der Waals surface area (Å²) in [5, 5.41) is 114. The molecule has 0 aliphatic carbocycles. The number of sulfonamides is 1. The largest absolute Gasteiger partial charge is 0.477 e. The van der Waals surface area contributed by atoms with Crippen LogP contribution in [0.15, 0.2) is 46.4 Å². The number of unbranched alkanes of at least 4 members (excludes halogenated alkanes) is 3. The molecule has 3 aliphatic heterocycles. The molecule has 15 atom stereocenters. The Balaban J connectivity index is 1.10. The summed E-state index contributed by atoms with van der Waals surface area (Å²) in [5.41, 5.74) is 1.13. The molecule has 25 nitrogen and oxygen atoms in total. The van der Waals surface area contributed by atoms with Crippen LogP contribution in [0, 0.1) is 0 Å². The number of ether oxygens (including phenoxy) is 5. The van der Waals surface area contributed by atoms with Crippen LogP contribution >= 0.6 is 0 Å². The molecule has 0 bridgehead atoms. The molecule has 2 aromatic carbocycles. The molecule has 3 fully saturated rings. The third-order valence-corrected chi connectivity index (χ3v) is 14.2. The van der Waals surface area contributed by atoms with Crippen LogP contribution in [0.4, 0.5) is 5.69 Å². The van der Waals surface area contributed by atoms with Crippen LogP contribution in [0.3, 0.4) is 0 Å². The fraction of sp³-hybridized carbons (Fsp3) is 0.696. The molecule has 12 N–H and O–H groups in total. The number of Topliss-reactive ketones (excluding diaryl/α,β-unsaturated/α-hetero) is 1. The van der Waals surface area contributed by atoms with Crippen LogP contribution in [-0.4, -0.2) is 221 Å². The van der Waals surface area contributed by atoms with E-state index in [4.69, 9.17) is 28.5 Å². The number of aliphatic hydroxyl groups excluding tert-OH is 9. The highest BCUT2D eigenvalue weighted by molar-refractivity contribution is 7.89. The molecular formula is C46H70N4O21S. The number of benzene rings is 2. The molecule has 406 valence electrons. The van der Waals surface area contributed by atoms with Gasteiger partial charge in [-0.2, -0.15) is 0 Å². The monoisotopic (exact) mass is 1050 g/mol. The summed E-state index contributed by atoms with van der Waals surface area (Å²) in [6, 6.07) is 9.37. The topological polar surface area (TPSA) is 383 Å². The third kappa shape index (κ3) is 14.6. The van der Waals surface area contributed by atoms with E-state index in [0.29, 0.717) is 31.1 Å². The first-order valence-electron chi connectivity index (χ1n) is 23.7. The Morgan fingerprint density at radius 2 is 1.53 bits per heavy atom. The Kier molecular flexibility index (Phi) is 21.6. The summed E-state index contributed by atoms with van der Waals surface area (Å²) in [7, 11) is 0.00170. The molecule has 0 spiro atoms. The van der Waals surface area contributed by atoms with Gasteiger partial charge in [-0.1, -0.05) is 42.3 Å².